The van der Waals surface area contributed by atoms with Crippen molar-refractivity contribution in [2.45, 2.75) is 26.8 Å². The van der Waals surface area contributed by atoms with Gasteiger partial charge in [0.05, 0.1) is 28.9 Å². The minimum absolute atomic E-state index is 0.0180. The van der Waals surface area contributed by atoms with Crippen molar-refractivity contribution in [3.63, 3.8) is 0 Å². The van der Waals surface area contributed by atoms with Gasteiger partial charge in [-0.25, -0.2) is 10.1 Å². The number of amides is 1. The number of hydrazone groups is 1. The van der Waals surface area contributed by atoms with Crippen LogP contribution >= 0.6 is 0 Å². The molecule has 10 nitrogen and oxygen atoms in total. The number of nitrogens with zero attached hydrogens (tertiary/aromatic N) is 6. The van der Waals surface area contributed by atoms with Gasteiger partial charge in [-0.3, -0.25) is 19.6 Å². The quantitative estimate of drug-likeness (QED) is 0.475. The van der Waals surface area contributed by atoms with Crippen LogP contribution in [0.4, 0.5) is 10.1 Å². The van der Waals surface area contributed by atoms with Crippen LogP contribution in [0.5, 0.6) is 0 Å². The largest absolute Gasteiger partial charge is 0.309 e. The van der Waals surface area contributed by atoms with Crippen molar-refractivity contribution < 1.29 is 14.1 Å². The maximum Gasteiger partial charge on any atom is 0.309 e. The van der Waals surface area contributed by atoms with Crippen LogP contribution < -0.4 is 5.43 Å². The third-order valence-electron chi connectivity index (χ3n) is 3.26. The van der Waals surface area contributed by atoms with Gasteiger partial charge in [-0.1, -0.05) is 0 Å². The molecule has 0 unspecified atom stereocenters. The number of carbonyl (C=O) groups excluding carboxylic acids is 1. The van der Waals surface area contributed by atoms with Gasteiger partial charge in [0.15, 0.2) is 0 Å². The van der Waals surface area contributed by atoms with E-state index in [2.05, 4.69) is 20.7 Å². The van der Waals surface area contributed by atoms with E-state index in [-0.39, 0.29) is 29.9 Å². The molecule has 1 amide bonds. The normalized spacial score (nSPS) is 11.2. The standard InChI is InChI=1S/C13H16FN7O3/c1-8-10(13(14)19(3)17-8)6-15-16-12(22)4-5-20-7-11(21(23)24)9(2)18-20/h6-7H,4-5H2,1-3H3,(H,16,22)/b15-6-. The van der Waals surface area contributed by atoms with Crippen molar-refractivity contribution in [2.75, 3.05) is 0 Å². The van der Waals surface area contributed by atoms with Gasteiger partial charge >= 0.3 is 5.69 Å². The highest BCUT2D eigenvalue weighted by molar-refractivity contribution is 5.83. The maximum atomic E-state index is 13.7. The second-order valence-electron chi connectivity index (χ2n) is 5.08. The highest BCUT2D eigenvalue weighted by Gasteiger charge is 2.15. The van der Waals surface area contributed by atoms with Gasteiger partial charge in [0.25, 0.3) is 0 Å². The van der Waals surface area contributed by atoms with Crippen LogP contribution in [0, 0.1) is 29.9 Å². The average Bonchev–Trinajstić information content (AvgIpc) is 2.99. The van der Waals surface area contributed by atoms with Crippen molar-refractivity contribution in [1.82, 2.24) is 25.0 Å². The zero-order valence-corrected chi connectivity index (χ0v) is 13.4. The average molecular weight is 337 g/mol. The third-order valence-corrected chi connectivity index (χ3v) is 3.26. The first-order chi connectivity index (χ1) is 11.3. The smallest absolute Gasteiger partial charge is 0.273 e. The van der Waals surface area contributed by atoms with E-state index in [0.717, 1.165) is 4.68 Å². The number of aromatic nitrogens is 4. The second-order valence-corrected chi connectivity index (χ2v) is 5.08. The Hall–Kier alpha value is -3.11. The molecule has 0 saturated heterocycles. The zero-order chi connectivity index (χ0) is 17.9. The fourth-order valence-corrected chi connectivity index (χ4v) is 2.03. The molecule has 2 rings (SSSR count). The number of aryl methyl sites for hydroxylation is 4. The summed E-state index contributed by atoms with van der Waals surface area (Å²) >= 11 is 0. The van der Waals surface area contributed by atoms with Gasteiger partial charge in [-0.2, -0.15) is 19.7 Å². The van der Waals surface area contributed by atoms with Gasteiger partial charge in [-0.05, 0) is 13.8 Å². The molecule has 0 aromatic carbocycles. The van der Waals surface area contributed by atoms with E-state index in [0.29, 0.717) is 5.69 Å². The summed E-state index contributed by atoms with van der Waals surface area (Å²) in [5, 5.41) is 22.2. The van der Waals surface area contributed by atoms with Crippen LogP contribution in [-0.4, -0.2) is 36.6 Å². The summed E-state index contributed by atoms with van der Waals surface area (Å²) in [6, 6.07) is 0. The van der Waals surface area contributed by atoms with E-state index < -0.39 is 16.8 Å². The maximum absolute atomic E-state index is 13.7. The number of hydrogen-bond donors (Lipinski definition) is 1. The van der Waals surface area contributed by atoms with Gasteiger partial charge in [0, 0.05) is 13.5 Å². The molecule has 0 saturated carbocycles. The molecule has 2 heterocycles. The molecule has 0 bridgehead atoms. The minimum atomic E-state index is -0.551. The van der Waals surface area contributed by atoms with Crippen molar-refractivity contribution in [3.05, 3.63) is 39.2 Å². The third kappa shape index (κ3) is 3.80. The van der Waals surface area contributed by atoms with Crippen molar-refractivity contribution in [2.24, 2.45) is 12.1 Å². The summed E-state index contributed by atoms with van der Waals surface area (Å²) in [7, 11) is 1.46. The van der Waals surface area contributed by atoms with Crippen LogP contribution in [0.25, 0.3) is 0 Å². The molecular weight excluding hydrogens is 321 g/mol. The Morgan fingerprint density at radius 1 is 1.46 bits per heavy atom. The van der Waals surface area contributed by atoms with Gasteiger partial charge in [0.1, 0.15) is 11.9 Å². The summed E-state index contributed by atoms with van der Waals surface area (Å²) in [5.41, 5.74) is 3.08. The molecule has 11 heteroatoms. The van der Waals surface area contributed by atoms with Gasteiger partial charge in [-0.15, -0.1) is 0 Å². The fourth-order valence-electron chi connectivity index (χ4n) is 2.03. The number of nitrogens with one attached hydrogen (secondary N) is 1. The molecule has 0 spiro atoms. The highest BCUT2D eigenvalue weighted by Crippen LogP contribution is 2.15. The predicted octanol–water partition coefficient (Wildman–Crippen LogP) is 0.821. The molecule has 24 heavy (non-hydrogen) atoms. The number of nitro groups is 1. The lowest BCUT2D eigenvalue weighted by atomic mass is 10.3. The molecule has 0 aliphatic heterocycles. The number of rotatable bonds is 6. The Labute approximate surface area is 136 Å². The summed E-state index contributed by atoms with van der Waals surface area (Å²) in [6.45, 7) is 3.30. The van der Waals surface area contributed by atoms with Crippen LogP contribution in [-0.2, 0) is 18.4 Å². The Kier molecular flexibility index (Phi) is 5.02. The van der Waals surface area contributed by atoms with Crippen molar-refractivity contribution >= 4 is 17.8 Å². The SMILES string of the molecule is Cc1nn(CCC(=O)N/N=C\c2c(C)nn(C)c2F)cc1[N+](=O)[O-]. The number of hydrogen-bond acceptors (Lipinski definition) is 6. The van der Waals surface area contributed by atoms with E-state index in [1.165, 1.54) is 31.1 Å². The van der Waals surface area contributed by atoms with Crippen molar-refractivity contribution in [1.29, 1.82) is 0 Å². The van der Waals surface area contributed by atoms with Crippen LogP contribution in [0.2, 0.25) is 0 Å². The second kappa shape index (κ2) is 6.98. The van der Waals surface area contributed by atoms with Gasteiger partial charge < -0.3 is 0 Å². The number of halogens is 1. The Bertz CT molecular complexity index is 809. The Morgan fingerprint density at radius 3 is 2.71 bits per heavy atom. The molecule has 0 fully saturated rings. The highest BCUT2D eigenvalue weighted by atomic mass is 19.1. The number of carbonyl (C=O) groups is 1. The van der Waals surface area contributed by atoms with Gasteiger partial charge in [0.2, 0.25) is 11.9 Å². The molecular formula is C13H16FN7O3. The lowest BCUT2D eigenvalue weighted by molar-refractivity contribution is -0.385. The summed E-state index contributed by atoms with van der Waals surface area (Å²) in [6.07, 6.45) is 2.46. The molecule has 0 aliphatic carbocycles. The molecule has 2 aromatic rings. The molecule has 0 atom stereocenters. The fraction of sp³-hybridized carbons (Fsp3) is 0.385. The van der Waals surface area contributed by atoms with Crippen LogP contribution in [0.1, 0.15) is 23.4 Å². The minimum Gasteiger partial charge on any atom is -0.273 e. The summed E-state index contributed by atoms with van der Waals surface area (Å²) < 4.78 is 16.0. The lowest BCUT2D eigenvalue weighted by Crippen LogP contribution is -2.19. The zero-order valence-electron chi connectivity index (χ0n) is 13.4. The Morgan fingerprint density at radius 2 is 2.17 bits per heavy atom. The first-order valence-electron chi connectivity index (χ1n) is 6.99. The van der Waals surface area contributed by atoms with E-state index in [9.17, 15) is 19.3 Å². The van der Waals surface area contributed by atoms with Crippen molar-refractivity contribution in [3.8, 4) is 0 Å². The lowest BCUT2D eigenvalue weighted by Gasteiger charge is -2.00. The topological polar surface area (TPSA) is 120 Å². The molecule has 1 N–H and O–H groups in total. The molecule has 2 aromatic heterocycles. The Balaban J connectivity index is 1.89. The van der Waals surface area contributed by atoms with Crippen LogP contribution in [0.3, 0.4) is 0 Å². The van der Waals surface area contributed by atoms with E-state index in [1.54, 1.807) is 6.92 Å². The van der Waals surface area contributed by atoms with E-state index in [1.807, 2.05) is 0 Å². The molecule has 0 radical (unpaired) electrons. The summed E-state index contributed by atoms with van der Waals surface area (Å²) in [4.78, 5) is 21.9. The molecule has 128 valence electrons. The van der Waals surface area contributed by atoms with Crippen LogP contribution in [0.15, 0.2) is 11.3 Å². The van der Waals surface area contributed by atoms with E-state index >= 15 is 0 Å². The molecule has 0 aliphatic rings. The predicted molar refractivity (Wildman–Crippen MR) is 81.9 cm³/mol. The summed E-state index contributed by atoms with van der Waals surface area (Å²) in [5.74, 6) is -0.978. The monoisotopic (exact) mass is 337 g/mol. The first kappa shape index (κ1) is 17.2. The van der Waals surface area contributed by atoms with E-state index in [4.69, 9.17) is 0 Å². The first-order valence-corrected chi connectivity index (χ1v) is 6.99.